The van der Waals surface area contributed by atoms with E-state index < -0.39 is 0 Å². The SMILES string of the molecule is NNC(Cc1ccc(F)cc1Cl)Cc1ccc(Cl)cc1Cl. The van der Waals surface area contributed by atoms with Crippen LogP contribution in [0.2, 0.25) is 15.1 Å². The molecule has 6 heteroatoms. The normalized spacial score (nSPS) is 12.4. The quantitative estimate of drug-likeness (QED) is 0.621. The maximum atomic E-state index is 13.0. The first-order chi connectivity index (χ1) is 9.99. The van der Waals surface area contributed by atoms with Crippen molar-refractivity contribution in [1.29, 1.82) is 0 Å². The van der Waals surface area contributed by atoms with Crippen molar-refractivity contribution in [2.24, 2.45) is 5.84 Å². The van der Waals surface area contributed by atoms with Gasteiger partial charge in [-0.15, -0.1) is 0 Å². The van der Waals surface area contributed by atoms with Crippen molar-refractivity contribution in [3.8, 4) is 0 Å². The summed E-state index contributed by atoms with van der Waals surface area (Å²) in [4.78, 5) is 0. The predicted octanol–water partition coefficient (Wildman–Crippen LogP) is 4.40. The average molecular weight is 348 g/mol. The lowest BCUT2D eigenvalue weighted by Gasteiger charge is -2.17. The molecule has 0 radical (unpaired) electrons. The van der Waals surface area contributed by atoms with E-state index in [4.69, 9.17) is 40.6 Å². The second kappa shape index (κ2) is 7.43. The van der Waals surface area contributed by atoms with Crippen LogP contribution in [0.4, 0.5) is 4.39 Å². The van der Waals surface area contributed by atoms with Crippen LogP contribution in [-0.4, -0.2) is 6.04 Å². The molecular formula is C15H14Cl3FN2. The summed E-state index contributed by atoms with van der Waals surface area (Å²) in [5.74, 6) is 5.23. The Bertz CT molecular complexity index is 581. The zero-order chi connectivity index (χ0) is 15.4. The van der Waals surface area contributed by atoms with Crippen LogP contribution in [0.15, 0.2) is 36.4 Å². The highest BCUT2D eigenvalue weighted by atomic mass is 35.5. The van der Waals surface area contributed by atoms with Gasteiger partial charge in [0.15, 0.2) is 0 Å². The van der Waals surface area contributed by atoms with Crippen molar-refractivity contribution in [2.75, 3.05) is 0 Å². The summed E-state index contributed by atoms with van der Waals surface area (Å²) in [5, 5.41) is 1.56. The van der Waals surface area contributed by atoms with Crippen molar-refractivity contribution in [3.05, 3.63) is 68.4 Å². The Hall–Kier alpha value is -0.840. The van der Waals surface area contributed by atoms with Gasteiger partial charge in [0.25, 0.3) is 0 Å². The topological polar surface area (TPSA) is 38.0 Å². The van der Waals surface area contributed by atoms with Crippen LogP contribution < -0.4 is 11.3 Å². The third-order valence-corrected chi connectivity index (χ3v) is 4.14. The summed E-state index contributed by atoms with van der Waals surface area (Å²) >= 11 is 18.1. The number of hydrogen-bond donors (Lipinski definition) is 2. The number of halogens is 4. The van der Waals surface area contributed by atoms with E-state index >= 15 is 0 Å². The van der Waals surface area contributed by atoms with E-state index in [0.717, 1.165) is 11.1 Å². The number of nitrogens with two attached hydrogens (primary N) is 1. The lowest BCUT2D eigenvalue weighted by molar-refractivity contribution is 0.522. The van der Waals surface area contributed by atoms with Gasteiger partial charge in [-0.05, 0) is 48.2 Å². The first kappa shape index (κ1) is 16.5. The largest absolute Gasteiger partial charge is 0.271 e. The molecule has 0 bridgehead atoms. The molecule has 3 N–H and O–H groups in total. The minimum absolute atomic E-state index is 0.0772. The third-order valence-electron chi connectivity index (χ3n) is 3.20. The molecule has 0 aliphatic carbocycles. The van der Waals surface area contributed by atoms with Crippen LogP contribution >= 0.6 is 34.8 Å². The van der Waals surface area contributed by atoms with Gasteiger partial charge in [-0.2, -0.15) is 0 Å². The van der Waals surface area contributed by atoms with Gasteiger partial charge >= 0.3 is 0 Å². The third kappa shape index (κ3) is 4.56. The minimum atomic E-state index is -0.359. The average Bonchev–Trinajstić information content (AvgIpc) is 2.43. The van der Waals surface area contributed by atoms with E-state index in [-0.39, 0.29) is 11.9 Å². The molecule has 0 aromatic heterocycles. The molecule has 1 atom stereocenters. The number of hydrazine groups is 1. The van der Waals surface area contributed by atoms with E-state index in [1.807, 2.05) is 6.07 Å². The molecule has 0 fully saturated rings. The molecule has 0 aliphatic heterocycles. The number of hydrogen-bond acceptors (Lipinski definition) is 2. The van der Waals surface area contributed by atoms with Gasteiger partial charge in [0, 0.05) is 21.1 Å². The van der Waals surface area contributed by atoms with Gasteiger partial charge in [-0.25, -0.2) is 4.39 Å². The molecule has 0 spiro atoms. The van der Waals surface area contributed by atoms with Gasteiger partial charge in [0.05, 0.1) is 0 Å². The molecule has 0 saturated heterocycles. The zero-order valence-corrected chi connectivity index (χ0v) is 13.3. The van der Waals surface area contributed by atoms with Gasteiger partial charge in [-0.1, -0.05) is 46.9 Å². The van der Waals surface area contributed by atoms with Crippen LogP contribution in [0.25, 0.3) is 0 Å². The van der Waals surface area contributed by atoms with Crippen molar-refractivity contribution in [1.82, 2.24) is 5.43 Å². The molecule has 21 heavy (non-hydrogen) atoms. The first-order valence-electron chi connectivity index (χ1n) is 6.33. The lowest BCUT2D eigenvalue weighted by Crippen LogP contribution is -2.38. The second-order valence-electron chi connectivity index (χ2n) is 4.74. The number of nitrogens with one attached hydrogen (secondary N) is 1. The Morgan fingerprint density at radius 2 is 1.52 bits per heavy atom. The Kier molecular flexibility index (Phi) is 5.85. The maximum absolute atomic E-state index is 13.0. The molecule has 2 aromatic rings. The molecule has 1 unspecified atom stereocenters. The highest BCUT2D eigenvalue weighted by molar-refractivity contribution is 6.35. The summed E-state index contributed by atoms with van der Waals surface area (Å²) in [6, 6.07) is 9.58. The Labute approximate surface area is 138 Å². The van der Waals surface area contributed by atoms with Crippen LogP contribution in [0.5, 0.6) is 0 Å². The molecule has 0 amide bonds. The summed E-state index contributed by atoms with van der Waals surface area (Å²) < 4.78 is 13.0. The van der Waals surface area contributed by atoms with Crippen LogP contribution in [-0.2, 0) is 12.8 Å². The minimum Gasteiger partial charge on any atom is -0.271 e. The number of rotatable bonds is 5. The van der Waals surface area contributed by atoms with Crippen LogP contribution in [0, 0.1) is 5.82 Å². The molecule has 2 rings (SSSR count). The maximum Gasteiger partial charge on any atom is 0.124 e. The fraction of sp³-hybridized carbons (Fsp3) is 0.200. The molecule has 0 aliphatic rings. The van der Waals surface area contributed by atoms with Crippen molar-refractivity contribution >= 4 is 34.8 Å². The molecule has 0 heterocycles. The molecular weight excluding hydrogens is 334 g/mol. The zero-order valence-electron chi connectivity index (χ0n) is 11.0. The number of benzene rings is 2. The predicted molar refractivity (Wildman–Crippen MR) is 86.4 cm³/mol. The van der Waals surface area contributed by atoms with Gasteiger partial charge in [0.1, 0.15) is 5.82 Å². The fourth-order valence-corrected chi connectivity index (χ4v) is 2.83. The summed E-state index contributed by atoms with van der Waals surface area (Å²) in [7, 11) is 0. The van der Waals surface area contributed by atoms with Crippen LogP contribution in [0.1, 0.15) is 11.1 Å². The molecule has 2 aromatic carbocycles. The van der Waals surface area contributed by atoms with Gasteiger partial charge in [-0.3, -0.25) is 11.3 Å². The van der Waals surface area contributed by atoms with E-state index in [2.05, 4.69) is 5.43 Å². The summed E-state index contributed by atoms with van der Waals surface area (Å²) in [5.41, 5.74) is 4.50. The van der Waals surface area contributed by atoms with Crippen LogP contribution in [0.3, 0.4) is 0 Å². The molecule has 112 valence electrons. The lowest BCUT2D eigenvalue weighted by atomic mass is 9.99. The fourth-order valence-electron chi connectivity index (χ4n) is 2.10. The van der Waals surface area contributed by atoms with E-state index in [1.54, 1.807) is 18.2 Å². The van der Waals surface area contributed by atoms with E-state index in [0.29, 0.717) is 27.9 Å². The Morgan fingerprint density at radius 3 is 2.05 bits per heavy atom. The smallest absolute Gasteiger partial charge is 0.124 e. The standard InChI is InChI=1S/C15H14Cl3FN2/c16-11-3-1-9(14(17)7-11)5-13(21-20)6-10-2-4-12(19)8-15(10)18/h1-4,7-8,13,21H,5-6,20H2. The monoisotopic (exact) mass is 346 g/mol. The molecule has 2 nitrogen and oxygen atoms in total. The highest BCUT2D eigenvalue weighted by Crippen LogP contribution is 2.24. The first-order valence-corrected chi connectivity index (χ1v) is 7.47. The van der Waals surface area contributed by atoms with Gasteiger partial charge < -0.3 is 0 Å². The molecule has 0 saturated carbocycles. The van der Waals surface area contributed by atoms with E-state index in [1.165, 1.54) is 12.1 Å². The van der Waals surface area contributed by atoms with Gasteiger partial charge in [0.2, 0.25) is 0 Å². The Balaban J connectivity index is 2.13. The van der Waals surface area contributed by atoms with Crippen molar-refractivity contribution in [3.63, 3.8) is 0 Å². The summed E-state index contributed by atoms with van der Waals surface area (Å²) in [6.45, 7) is 0. The van der Waals surface area contributed by atoms with Crippen molar-refractivity contribution in [2.45, 2.75) is 18.9 Å². The Morgan fingerprint density at radius 1 is 0.952 bits per heavy atom. The van der Waals surface area contributed by atoms with Crippen molar-refractivity contribution < 1.29 is 4.39 Å². The highest BCUT2D eigenvalue weighted by Gasteiger charge is 2.13. The van der Waals surface area contributed by atoms with E-state index in [9.17, 15) is 4.39 Å². The summed E-state index contributed by atoms with van der Waals surface area (Å²) in [6.07, 6.45) is 1.18. The second-order valence-corrected chi connectivity index (χ2v) is 5.99.